The van der Waals surface area contributed by atoms with Gasteiger partial charge in [-0.2, -0.15) is 0 Å². The van der Waals surface area contributed by atoms with Gasteiger partial charge in [-0.3, -0.25) is 14.8 Å². The van der Waals surface area contributed by atoms with Crippen LogP contribution in [0.2, 0.25) is 0 Å². The summed E-state index contributed by atoms with van der Waals surface area (Å²) in [6.07, 6.45) is 8.83. The van der Waals surface area contributed by atoms with Crippen molar-refractivity contribution in [1.82, 2.24) is 24.3 Å². The van der Waals surface area contributed by atoms with Gasteiger partial charge in [-0.25, -0.2) is 4.98 Å². The van der Waals surface area contributed by atoms with Crippen LogP contribution in [0.25, 0.3) is 0 Å². The Morgan fingerprint density at radius 2 is 1.67 bits per heavy atom. The molecule has 5 nitrogen and oxygen atoms in total. The van der Waals surface area contributed by atoms with Crippen LogP contribution in [0.4, 0.5) is 0 Å². The molecule has 2 aromatic heterocycles. The second kappa shape index (κ2) is 6.83. The van der Waals surface area contributed by atoms with Crippen molar-refractivity contribution in [1.29, 1.82) is 0 Å². The molecule has 21 heavy (non-hydrogen) atoms. The van der Waals surface area contributed by atoms with Crippen molar-refractivity contribution in [3.05, 3.63) is 48.3 Å². The third-order valence-corrected chi connectivity index (χ3v) is 4.14. The Morgan fingerprint density at radius 3 is 2.33 bits per heavy atom. The third-order valence-electron chi connectivity index (χ3n) is 4.14. The summed E-state index contributed by atoms with van der Waals surface area (Å²) in [5.41, 5.74) is 2.64. The summed E-state index contributed by atoms with van der Waals surface area (Å²) >= 11 is 0. The maximum Gasteiger partial charge on any atom is 0.0945 e. The number of hydrogen-bond donors (Lipinski definition) is 0. The predicted octanol–water partition coefficient (Wildman–Crippen LogP) is 1.52. The number of imidazole rings is 1. The molecule has 0 spiro atoms. The molecule has 0 atom stereocenters. The molecule has 3 rings (SSSR count). The molecular formula is C16H23N5. The van der Waals surface area contributed by atoms with E-state index < -0.39 is 0 Å². The Labute approximate surface area is 126 Å². The van der Waals surface area contributed by atoms with Gasteiger partial charge in [-0.1, -0.05) is 0 Å². The van der Waals surface area contributed by atoms with Gasteiger partial charge in [0.15, 0.2) is 0 Å². The maximum absolute atomic E-state index is 4.20. The van der Waals surface area contributed by atoms with Gasteiger partial charge in [0.05, 0.1) is 12.0 Å². The zero-order valence-corrected chi connectivity index (χ0v) is 12.6. The average Bonchev–Trinajstić information content (AvgIpc) is 2.77. The van der Waals surface area contributed by atoms with E-state index >= 15 is 0 Å². The van der Waals surface area contributed by atoms with Crippen molar-refractivity contribution in [2.45, 2.75) is 19.5 Å². The first kappa shape index (κ1) is 14.2. The van der Waals surface area contributed by atoms with E-state index in [4.69, 9.17) is 0 Å². The molecule has 0 unspecified atom stereocenters. The molecule has 0 aromatic carbocycles. The number of aromatic nitrogens is 3. The summed E-state index contributed by atoms with van der Waals surface area (Å²) in [5, 5.41) is 0. The zero-order chi connectivity index (χ0) is 14.5. The van der Waals surface area contributed by atoms with Crippen LogP contribution >= 0.6 is 0 Å². The highest BCUT2D eigenvalue weighted by Gasteiger charge is 2.16. The largest absolute Gasteiger partial charge is 0.337 e. The molecular weight excluding hydrogens is 262 g/mol. The molecule has 1 fully saturated rings. The molecule has 1 aliphatic heterocycles. The number of aryl methyl sites for hydroxylation is 1. The van der Waals surface area contributed by atoms with Crippen LogP contribution < -0.4 is 0 Å². The number of nitrogens with zero attached hydrogens (tertiary/aromatic N) is 5. The van der Waals surface area contributed by atoms with Crippen LogP contribution in [-0.2, 0) is 20.1 Å². The molecule has 0 bridgehead atoms. The summed E-state index contributed by atoms with van der Waals surface area (Å²) < 4.78 is 2.11. The molecule has 5 heteroatoms. The molecule has 0 amide bonds. The Bertz CT molecular complexity index is 551. The van der Waals surface area contributed by atoms with Crippen LogP contribution in [0.1, 0.15) is 17.7 Å². The highest BCUT2D eigenvalue weighted by molar-refractivity contribution is 5.09. The Morgan fingerprint density at radius 1 is 0.952 bits per heavy atom. The minimum absolute atomic E-state index is 1.000. The third kappa shape index (κ3) is 3.89. The second-order valence-corrected chi connectivity index (χ2v) is 5.76. The van der Waals surface area contributed by atoms with Crippen LogP contribution in [0.3, 0.4) is 0 Å². The molecule has 0 radical (unpaired) electrons. The molecule has 3 heterocycles. The molecule has 1 saturated heterocycles. The summed E-state index contributed by atoms with van der Waals surface area (Å²) in [6, 6.07) is 4.22. The van der Waals surface area contributed by atoms with Gasteiger partial charge in [0.25, 0.3) is 0 Å². The smallest absolute Gasteiger partial charge is 0.0945 e. The van der Waals surface area contributed by atoms with E-state index in [-0.39, 0.29) is 0 Å². The van der Waals surface area contributed by atoms with Crippen molar-refractivity contribution in [2.75, 3.05) is 26.2 Å². The number of rotatable bonds is 4. The van der Waals surface area contributed by atoms with Gasteiger partial charge in [-0.05, 0) is 37.2 Å². The lowest BCUT2D eigenvalue weighted by Crippen LogP contribution is -2.30. The van der Waals surface area contributed by atoms with Gasteiger partial charge < -0.3 is 4.57 Å². The SMILES string of the molecule is Cn1cncc1CN1CCCN(Cc2ccncc2)CC1. The van der Waals surface area contributed by atoms with E-state index in [2.05, 4.69) is 43.5 Å². The Hall–Kier alpha value is -1.72. The summed E-state index contributed by atoms with van der Waals surface area (Å²) in [5.74, 6) is 0. The number of pyridine rings is 1. The van der Waals surface area contributed by atoms with E-state index in [0.29, 0.717) is 0 Å². The monoisotopic (exact) mass is 285 g/mol. The number of hydrogen-bond acceptors (Lipinski definition) is 4. The van der Waals surface area contributed by atoms with E-state index in [1.54, 1.807) is 0 Å². The molecule has 0 saturated carbocycles. The van der Waals surface area contributed by atoms with Crippen molar-refractivity contribution in [3.8, 4) is 0 Å². The summed E-state index contributed by atoms with van der Waals surface area (Å²) in [4.78, 5) is 13.4. The highest BCUT2D eigenvalue weighted by Crippen LogP contribution is 2.11. The van der Waals surface area contributed by atoms with Crippen molar-refractivity contribution < 1.29 is 0 Å². The topological polar surface area (TPSA) is 37.2 Å². The highest BCUT2D eigenvalue weighted by atomic mass is 15.2. The molecule has 1 aliphatic rings. The summed E-state index contributed by atoms with van der Waals surface area (Å²) in [6.45, 7) is 6.61. The molecule has 0 aliphatic carbocycles. The van der Waals surface area contributed by atoms with Crippen molar-refractivity contribution in [3.63, 3.8) is 0 Å². The average molecular weight is 285 g/mol. The van der Waals surface area contributed by atoms with E-state index in [1.807, 2.05) is 24.9 Å². The lowest BCUT2D eigenvalue weighted by molar-refractivity contribution is 0.244. The van der Waals surface area contributed by atoms with Gasteiger partial charge >= 0.3 is 0 Å². The standard InChI is InChI=1S/C16H23N5/c1-19-14-18-11-16(19)13-21-8-2-7-20(9-10-21)12-15-3-5-17-6-4-15/h3-6,11,14H,2,7-10,12-13H2,1H3. The molecule has 112 valence electrons. The van der Waals surface area contributed by atoms with Crippen LogP contribution in [0.5, 0.6) is 0 Å². The minimum Gasteiger partial charge on any atom is -0.337 e. The van der Waals surface area contributed by atoms with Gasteiger partial charge in [0.1, 0.15) is 0 Å². The van der Waals surface area contributed by atoms with Gasteiger partial charge in [-0.15, -0.1) is 0 Å². The van der Waals surface area contributed by atoms with Crippen LogP contribution in [0.15, 0.2) is 37.1 Å². The summed E-state index contributed by atoms with van der Waals surface area (Å²) in [7, 11) is 2.07. The quantitative estimate of drug-likeness (QED) is 0.853. The first-order valence-corrected chi connectivity index (χ1v) is 7.60. The predicted molar refractivity (Wildman–Crippen MR) is 82.6 cm³/mol. The lowest BCUT2D eigenvalue weighted by atomic mass is 10.2. The van der Waals surface area contributed by atoms with Gasteiger partial charge in [0, 0.05) is 51.8 Å². The fourth-order valence-electron chi connectivity index (χ4n) is 2.85. The fourth-order valence-corrected chi connectivity index (χ4v) is 2.85. The Kier molecular flexibility index (Phi) is 4.62. The van der Waals surface area contributed by atoms with E-state index in [0.717, 1.165) is 32.7 Å². The second-order valence-electron chi connectivity index (χ2n) is 5.76. The molecule has 2 aromatic rings. The normalized spacial score (nSPS) is 17.8. The minimum atomic E-state index is 1.000. The first-order valence-electron chi connectivity index (χ1n) is 7.60. The lowest BCUT2D eigenvalue weighted by Gasteiger charge is -2.21. The van der Waals surface area contributed by atoms with Gasteiger partial charge in [0.2, 0.25) is 0 Å². The molecule has 0 N–H and O–H groups in total. The zero-order valence-electron chi connectivity index (χ0n) is 12.6. The van der Waals surface area contributed by atoms with Crippen molar-refractivity contribution in [2.24, 2.45) is 7.05 Å². The fraction of sp³-hybridized carbons (Fsp3) is 0.500. The van der Waals surface area contributed by atoms with E-state index in [9.17, 15) is 0 Å². The van der Waals surface area contributed by atoms with Crippen LogP contribution in [-0.4, -0.2) is 50.5 Å². The first-order chi connectivity index (χ1) is 10.3. The van der Waals surface area contributed by atoms with Crippen molar-refractivity contribution >= 4 is 0 Å². The van der Waals surface area contributed by atoms with E-state index in [1.165, 1.54) is 24.2 Å². The maximum atomic E-state index is 4.20. The van der Waals surface area contributed by atoms with Crippen LogP contribution in [0, 0.1) is 0 Å². The Balaban J connectivity index is 1.53.